The second kappa shape index (κ2) is 7.09. The zero-order valence-corrected chi connectivity index (χ0v) is 15.4. The zero-order chi connectivity index (χ0) is 18.0. The normalized spacial score (nSPS) is 14.6. The topological polar surface area (TPSA) is 52.6 Å². The Bertz CT molecular complexity index is 766. The lowest BCUT2D eigenvalue weighted by Gasteiger charge is -2.35. The molecule has 0 radical (unpaired) electrons. The van der Waals surface area contributed by atoms with E-state index in [2.05, 4.69) is 14.9 Å². The number of anilines is 2. The molecule has 6 nitrogen and oxygen atoms in total. The summed E-state index contributed by atoms with van der Waals surface area (Å²) in [6.45, 7) is 6.84. The quantitative estimate of drug-likeness (QED) is 0.857. The minimum Gasteiger partial charge on any atom is -0.363 e. The molecule has 1 aromatic carbocycles. The molecule has 1 amide bonds. The highest BCUT2D eigenvalue weighted by Crippen LogP contribution is 2.18. The predicted octanol–water partition coefficient (Wildman–Crippen LogP) is 2.12. The number of aromatic nitrogens is 2. The third kappa shape index (κ3) is 3.90. The van der Waals surface area contributed by atoms with Crippen LogP contribution < -0.4 is 9.80 Å². The van der Waals surface area contributed by atoms with Gasteiger partial charge in [-0.15, -0.1) is 0 Å². The van der Waals surface area contributed by atoms with Gasteiger partial charge >= 0.3 is 0 Å². The van der Waals surface area contributed by atoms with Gasteiger partial charge in [0.25, 0.3) is 5.91 Å². The van der Waals surface area contributed by atoms with Crippen LogP contribution in [-0.2, 0) is 0 Å². The van der Waals surface area contributed by atoms with Crippen LogP contribution in [0.4, 0.5) is 11.8 Å². The van der Waals surface area contributed by atoms with E-state index in [4.69, 9.17) is 0 Å². The van der Waals surface area contributed by atoms with Crippen molar-refractivity contribution >= 4 is 17.7 Å². The molecule has 0 aliphatic carbocycles. The lowest BCUT2D eigenvalue weighted by Crippen LogP contribution is -2.49. The Balaban J connectivity index is 1.69. The standard InChI is InChI=1S/C19H25N5O/c1-14-6-5-7-16(12-14)18(25)23-8-10-24(11-9-23)19-20-15(2)13-17(21-19)22(3)4/h5-7,12-13H,8-11H2,1-4H3. The number of amides is 1. The Labute approximate surface area is 149 Å². The van der Waals surface area contributed by atoms with Crippen molar-refractivity contribution in [2.24, 2.45) is 0 Å². The van der Waals surface area contributed by atoms with E-state index in [1.54, 1.807) is 0 Å². The van der Waals surface area contributed by atoms with E-state index < -0.39 is 0 Å². The lowest BCUT2D eigenvalue weighted by molar-refractivity contribution is 0.0746. The van der Waals surface area contributed by atoms with Crippen LogP contribution in [0.3, 0.4) is 0 Å². The van der Waals surface area contributed by atoms with Crippen molar-refractivity contribution in [2.45, 2.75) is 13.8 Å². The van der Waals surface area contributed by atoms with Crippen LogP contribution in [0.15, 0.2) is 30.3 Å². The third-order valence-electron chi connectivity index (χ3n) is 4.40. The predicted molar refractivity (Wildman–Crippen MR) is 100 cm³/mol. The van der Waals surface area contributed by atoms with Crippen LogP contribution in [0.5, 0.6) is 0 Å². The summed E-state index contributed by atoms with van der Waals surface area (Å²) in [5.41, 5.74) is 2.82. The van der Waals surface area contributed by atoms with Crippen molar-refractivity contribution in [1.82, 2.24) is 14.9 Å². The molecule has 0 atom stereocenters. The van der Waals surface area contributed by atoms with Gasteiger partial charge in [-0.05, 0) is 26.0 Å². The van der Waals surface area contributed by atoms with E-state index in [9.17, 15) is 4.79 Å². The largest absolute Gasteiger partial charge is 0.363 e. The highest BCUT2D eigenvalue weighted by Gasteiger charge is 2.24. The van der Waals surface area contributed by atoms with E-state index in [0.717, 1.165) is 41.7 Å². The van der Waals surface area contributed by atoms with Crippen molar-refractivity contribution in [2.75, 3.05) is 50.1 Å². The molecular weight excluding hydrogens is 314 g/mol. The summed E-state index contributed by atoms with van der Waals surface area (Å²) < 4.78 is 0. The van der Waals surface area contributed by atoms with Crippen molar-refractivity contribution < 1.29 is 4.79 Å². The van der Waals surface area contributed by atoms with Gasteiger partial charge in [-0.3, -0.25) is 4.79 Å². The summed E-state index contributed by atoms with van der Waals surface area (Å²) in [5.74, 6) is 1.75. The Hall–Kier alpha value is -2.63. The molecule has 25 heavy (non-hydrogen) atoms. The number of aryl methyl sites for hydroxylation is 2. The van der Waals surface area contributed by atoms with Gasteiger partial charge in [0.1, 0.15) is 5.82 Å². The maximum atomic E-state index is 12.7. The first-order valence-corrected chi connectivity index (χ1v) is 8.58. The van der Waals surface area contributed by atoms with Crippen molar-refractivity contribution in [3.05, 3.63) is 47.2 Å². The van der Waals surface area contributed by atoms with Gasteiger partial charge in [0.05, 0.1) is 0 Å². The third-order valence-corrected chi connectivity index (χ3v) is 4.40. The smallest absolute Gasteiger partial charge is 0.253 e. The Morgan fingerprint density at radius 2 is 1.76 bits per heavy atom. The second-order valence-corrected chi connectivity index (χ2v) is 6.71. The SMILES string of the molecule is Cc1cccc(C(=O)N2CCN(c3nc(C)cc(N(C)C)n3)CC2)c1. The molecule has 0 N–H and O–H groups in total. The molecule has 0 bridgehead atoms. The number of rotatable bonds is 3. The van der Waals surface area contributed by atoms with Crippen LogP contribution in [-0.4, -0.2) is 61.0 Å². The van der Waals surface area contributed by atoms with Gasteiger partial charge in [0.2, 0.25) is 5.95 Å². The Morgan fingerprint density at radius 1 is 1.04 bits per heavy atom. The highest BCUT2D eigenvalue weighted by molar-refractivity contribution is 5.94. The van der Waals surface area contributed by atoms with Gasteiger partial charge in [-0.25, -0.2) is 4.98 Å². The highest BCUT2D eigenvalue weighted by atomic mass is 16.2. The fourth-order valence-electron chi connectivity index (χ4n) is 2.98. The summed E-state index contributed by atoms with van der Waals surface area (Å²) in [5, 5.41) is 0. The maximum absolute atomic E-state index is 12.7. The molecule has 6 heteroatoms. The molecular formula is C19H25N5O. The van der Waals surface area contributed by atoms with E-state index in [-0.39, 0.29) is 5.91 Å². The zero-order valence-electron chi connectivity index (χ0n) is 15.4. The molecule has 2 aromatic rings. The molecule has 1 aliphatic heterocycles. The van der Waals surface area contributed by atoms with Gasteiger partial charge in [0.15, 0.2) is 0 Å². The van der Waals surface area contributed by atoms with Gasteiger partial charge in [-0.2, -0.15) is 4.98 Å². The monoisotopic (exact) mass is 339 g/mol. The second-order valence-electron chi connectivity index (χ2n) is 6.71. The molecule has 0 unspecified atom stereocenters. The van der Waals surface area contributed by atoms with Crippen molar-refractivity contribution in [3.8, 4) is 0 Å². The maximum Gasteiger partial charge on any atom is 0.253 e. The van der Waals surface area contributed by atoms with E-state index in [1.165, 1.54) is 0 Å². The average Bonchev–Trinajstić information content (AvgIpc) is 2.60. The fraction of sp³-hybridized carbons (Fsp3) is 0.421. The molecule has 2 heterocycles. The number of hydrogen-bond donors (Lipinski definition) is 0. The van der Waals surface area contributed by atoms with E-state index >= 15 is 0 Å². The Morgan fingerprint density at radius 3 is 2.40 bits per heavy atom. The summed E-state index contributed by atoms with van der Waals surface area (Å²) >= 11 is 0. The number of carbonyl (C=O) groups excluding carboxylic acids is 1. The van der Waals surface area contributed by atoms with Crippen LogP contribution >= 0.6 is 0 Å². The van der Waals surface area contributed by atoms with E-state index in [1.807, 2.05) is 68.1 Å². The van der Waals surface area contributed by atoms with Crippen molar-refractivity contribution in [3.63, 3.8) is 0 Å². The minimum absolute atomic E-state index is 0.0995. The molecule has 0 spiro atoms. The molecule has 3 rings (SSSR count). The van der Waals surface area contributed by atoms with Crippen molar-refractivity contribution in [1.29, 1.82) is 0 Å². The summed E-state index contributed by atoms with van der Waals surface area (Å²) in [6.07, 6.45) is 0. The fourth-order valence-corrected chi connectivity index (χ4v) is 2.98. The molecule has 132 valence electrons. The molecule has 1 aromatic heterocycles. The molecule has 1 fully saturated rings. The van der Waals surface area contributed by atoms with Gasteiger partial charge in [0, 0.05) is 57.6 Å². The number of carbonyl (C=O) groups is 1. The molecule has 0 saturated carbocycles. The molecule has 1 aliphatic rings. The minimum atomic E-state index is 0.0995. The van der Waals surface area contributed by atoms with E-state index in [0.29, 0.717) is 13.1 Å². The molecule has 1 saturated heterocycles. The lowest BCUT2D eigenvalue weighted by atomic mass is 10.1. The first-order chi connectivity index (χ1) is 11.9. The first kappa shape index (κ1) is 17.2. The van der Waals surface area contributed by atoms with Crippen LogP contribution in [0.2, 0.25) is 0 Å². The van der Waals surface area contributed by atoms with Gasteiger partial charge < -0.3 is 14.7 Å². The van der Waals surface area contributed by atoms with Crippen LogP contribution in [0, 0.1) is 13.8 Å². The Kier molecular flexibility index (Phi) is 4.88. The number of benzene rings is 1. The average molecular weight is 339 g/mol. The number of piperazine rings is 1. The van der Waals surface area contributed by atoms with Crippen LogP contribution in [0.1, 0.15) is 21.6 Å². The number of hydrogen-bond acceptors (Lipinski definition) is 5. The number of nitrogens with zero attached hydrogens (tertiary/aromatic N) is 5. The summed E-state index contributed by atoms with van der Waals surface area (Å²) in [7, 11) is 3.95. The first-order valence-electron chi connectivity index (χ1n) is 8.58. The van der Waals surface area contributed by atoms with Crippen LogP contribution in [0.25, 0.3) is 0 Å². The summed E-state index contributed by atoms with van der Waals surface area (Å²) in [4.78, 5) is 27.9. The summed E-state index contributed by atoms with van der Waals surface area (Å²) in [6, 6.07) is 9.74. The van der Waals surface area contributed by atoms with Gasteiger partial charge in [-0.1, -0.05) is 17.7 Å².